The van der Waals surface area contributed by atoms with Crippen molar-refractivity contribution in [3.8, 4) is 17.9 Å². The van der Waals surface area contributed by atoms with E-state index in [4.69, 9.17) is 4.84 Å². The zero-order valence-electron chi connectivity index (χ0n) is 20.8. The minimum atomic E-state index is -0.495. The van der Waals surface area contributed by atoms with Gasteiger partial charge in [0.1, 0.15) is 0 Å². The second-order valence-electron chi connectivity index (χ2n) is 9.95. The maximum absolute atomic E-state index is 12.1. The molecule has 0 bridgehead atoms. The first-order valence-corrected chi connectivity index (χ1v) is 12.1. The molecular weight excluding hydrogens is 436 g/mol. The van der Waals surface area contributed by atoms with E-state index in [1.54, 1.807) is 5.06 Å². The van der Waals surface area contributed by atoms with Gasteiger partial charge < -0.3 is 9.40 Å². The van der Waals surface area contributed by atoms with Crippen LogP contribution in [0.15, 0.2) is 54.7 Å². The van der Waals surface area contributed by atoms with E-state index in [1.165, 1.54) is 5.56 Å². The topological polar surface area (TPSA) is 61.5 Å². The van der Waals surface area contributed by atoms with Gasteiger partial charge in [-0.25, -0.2) is 4.79 Å². The van der Waals surface area contributed by atoms with E-state index < -0.39 is 5.41 Å². The Balaban J connectivity index is 1.38. The number of nitrogens with zero attached hydrogens (tertiary/aromatic N) is 4. The predicted octanol–water partition coefficient (Wildman–Crippen LogP) is 4.42. The number of hydrogen-bond acceptors (Lipinski definition) is 5. The van der Waals surface area contributed by atoms with E-state index in [9.17, 15) is 10.1 Å². The van der Waals surface area contributed by atoms with Gasteiger partial charge in [0.05, 0.1) is 22.6 Å². The Hall–Kier alpha value is -3.58. The van der Waals surface area contributed by atoms with E-state index in [2.05, 4.69) is 45.7 Å². The van der Waals surface area contributed by atoms with Crippen molar-refractivity contribution in [1.82, 2.24) is 14.5 Å². The number of rotatable bonds is 5. The lowest BCUT2D eigenvalue weighted by atomic mass is 9.98. The van der Waals surface area contributed by atoms with Gasteiger partial charge >= 0.3 is 5.97 Å². The fraction of sp³-hybridized carbons (Fsp3) is 0.379. The zero-order valence-corrected chi connectivity index (χ0v) is 20.8. The van der Waals surface area contributed by atoms with Gasteiger partial charge in [-0.1, -0.05) is 42.2 Å². The van der Waals surface area contributed by atoms with Crippen LogP contribution in [0.1, 0.15) is 43.9 Å². The summed E-state index contributed by atoms with van der Waals surface area (Å²) < 4.78 is 2.20. The number of hydroxylamine groups is 2. The van der Waals surface area contributed by atoms with Crippen LogP contribution in [-0.2, 0) is 16.2 Å². The lowest BCUT2D eigenvalue weighted by Crippen LogP contribution is -2.48. The van der Waals surface area contributed by atoms with Crippen LogP contribution in [0.2, 0.25) is 0 Å². The summed E-state index contributed by atoms with van der Waals surface area (Å²) in [7, 11) is 0. The summed E-state index contributed by atoms with van der Waals surface area (Å²) in [5.74, 6) is 6.49. The standard InChI is InChI=1S/C29H32N4O2/c1-29(2,3)28(34)35-33-17-15-31(16-18-33)14-8-7-11-25-22-32(21-23-9-5-4-6-10-23)27-13-12-24(20-30)19-26(25)27/h4-6,9-10,12-13,19,22H,8,14-18,21H2,1-3H3. The summed E-state index contributed by atoms with van der Waals surface area (Å²) >= 11 is 0. The molecule has 0 amide bonds. The largest absolute Gasteiger partial charge is 0.367 e. The number of fused-ring (bicyclic) bond motifs is 1. The third kappa shape index (κ3) is 6.31. The predicted molar refractivity (Wildman–Crippen MR) is 137 cm³/mol. The number of carbonyl (C=O) groups excluding carboxylic acids is 1. The number of piperazine rings is 1. The highest BCUT2D eigenvalue weighted by atomic mass is 16.7. The van der Waals surface area contributed by atoms with Gasteiger partial charge in [0.15, 0.2) is 0 Å². The molecule has 3 aromatic rings. The molecule has 1 saturated heterocycles. The van der Waals surface area contributed by atoms with Crippen molar-refractivity contribution >= 4 is 16.9 Å². The third-order valence-electron chi connectivity index (χ3n) is 6.14. The van der Waals surface area contributed by atoms with Gasteiger partial charge in [0, 0.05) is 62.8 Å². The van der Waals surface area contributed by atoms with Crippen LogP contribution in [0.3, 0.4) is 0 Å². The van der Waals surface area contributed by atoms with E-state index in [-0.39, 0.29) is 5.97 Å². The zero-order chi connectivity index (χ0) is 24.8. The Morgan fingerprint density at radius 1 is 1.06 bits per heavy atom. The second kappa shape index (κ2) is 10.8. The Morgan fingerprint density at radius 3 is 2.49 bits per heavy atom. The van der Waals surface area contributed by atoms with Gasteiger partial charge in [-0.3, -0.25) is 4.90 Å². The average Bonchev–Trinajstić information content (AvgIpc) is 3.19. The van der Waals surface area contributed by atoms with Crippen LogP contribution in [0, 0.1) is 28.6 Å². The molecule has 2 aromatic carbocycles. The summed E-state index contributed by atoms with van der Waals surface area (Å²) in [6, 6.07) is 18.4. The smallest absolute Gasteiger partial charge is 0.330 e. The molecule has 6 heteroatoms. The Labute approximate surface area is 207 Å². The summed E-state index contributed by atoms with van der Waals surface area (Å²) in [6.07, 6.45) is 2.85. The van der Waals surface area contributed by atoms with Crippen LogP contribution >= 0.6 is 0 Å². The average molecular weight is 469 g/mol. The van der Waals surface area contributed by atoms with Crippen molar-refractivity contribution < 1.29 is 9.63 Å². The minimum Gasteiger partial charge on any atom is -0.367 e. The molecule has 0 radical (unpaired) electrons. The van der Waals surface area contributed by atoms with Crippen LogP contribution < -0.4 is 0 Å². The molecule has 0 saturated carbocycles. The summed E-state index contributed by atoms with van der Waals surface area (Å²) in [6.45, 7) is 10.3. The lowest BCUT2D eigenvalue weighted by molar-refractivity contribution is -0.206. The molecule has 180 valence electrons. The first kappa shape index (κ1) is 24.5. The molecule has 1 fully saturated rings. The van der Waals surface area contributed by atoms with Crippen molar-refractivity contribution in [3.05, 3.63) is 71.4 Å². The molecule has 0 unspecified atom stereocenters. The Morgan fingerprint density at radius 2 is 1.80 bits per heavy atom. The normalized spacial score (nSPS) is 14.8. The van der Waals surface area contributed by atoms with Crippen molar-refractivity contribution in [2.75, 3.05) is 32.7 Å². The highest BCUT2D eigenvalue weighted by molar-refractivity contribution is 5.88. The maximum Gasteiger partial charge on any atom is 0.330 e. The summed E-state index contributed by atoms with van der Waals surface area (Å²) in [5, 5.41) is 12.1. The highest BCUT2D eigenvalue weighted by Gasteiger charge is 2.27. The van der Waals surface area contributed by atoms with Gasteiger partial charge in [0.25, 0.3) is 0 Å². The second-order valence-corrected chi connectivity index (χ2v) is 9.95. The van der Waals surface area contributed by atoms with Crippen molar-refractivity contribution in [2.45, 2.75) is 33.7 Å². The third-order valence-corrected chi connectivity index (χ3v) is 6.14. The first-order valence-electron chi connectivity index (χ1n) is 12.1. The van der Waals surface area contributed by atoms with E-state index in [0.717, 1.165) is 49.1 Å². The number of nitriles is 1. The number of aromatic nitrogens is 1. The van der Waals surface area contributed by atoms with Gasteiger partial charge in [0.2, 0.25) is 0 Å². The fourth-order valence-corrected chi connectivity index (χ4v) is 4.05. The first-order chi connectivity index (χ1) is 16.8. The SMILES string of the molecule is CC(C)(C)C(=O)ON1CCN(CCC#Cc2cn(Cc3ccccc3)c3ccc(C#N)cc23)CC1. The van der Waals surface area contributed by atoms with Crippen LogP contribution in [0.5, 0.6) is 0 Å². The Kier molecular flexibility index (Phi) is 7.56. The maximum atomic E-state index is 12.1. The minimum absolute atomic E-state index is 0.192. The lowest BCUT2D eigenvalue weighted by Gasteiger charge is -2.34. The molecule has 0 N–H and O–H groups in total. The van der Waals surface area contributed by atoms with Gasteiger partial charge in [-0.05, 0) is 44.5 Å². The Bertz CT molecular complexity index is 1280. The van der Waals surface area contributed by atoms with Crippen molar-refractivity contribution in [2.24, 2.45) is 5.41 Å². The van der Waals surface area contributed by atoms with Crippen molar-refractivity contribution in [1.29, 1.82) is 5.26 Å². The molecule has 0 spiro atoms. The van der Waals surface area contributed by atoms with Crippen molar-refractivity contribution in [3.63, 3.8) is 0 Å². The number of hydrogen-bond donors (Lipinski definition) is 0. The monoisotopic (exact) mass is 468 g/mol. The molecule has 1 aliphatic rings. The molecule has 4 rings (SSSR count). The molecular formula is C29H32N4O2. The molecule has 35 heavy (non-hydrogen) atoms. The van der Waals surface area contributed by atoms with Gasteiger partial charge in [-0.15, -0.1) is 5.06 Å². The van der Waals surface area contributed by atoms with Crippen LogP contribution in [-0.4, -0.2) is 53.2 Å². The quantitative estimate of drug-likeness (QED) is 0.519. The van der Waals surface area contributed by atoms with Gasteiger partial charge in [-0.2, -0.15) is 5.26 Å². The van der Waals surface area contributed by atoms with E-state index >= 15 is 0 Å². The number of carbonyl (C=O) groups is 1. The van der Waals surface area contributed by atoms with Crippen LogP contribution in [0.25, 0.3) is 10.9 Å². The molecule has 0 atom stereocenters. The summed E-state index contributed by atoms with van der Waals surface area (Å²) in [4.78, 5) is 19.9. The molecule has 1 aliphatic heterocycles. The highest BCUT2D eigenvalue weighted by Crippen LogP contribution is 2.23. The van der Waals surface area contributed by atoms with E-state index in [0.29, 0.717) is 18.7 Å². The van der Waals surface area contributed by atoms with E-state index in [1.807, 2.05) is 57.2 Å². The molecule has 0 aliphatic carbocycles. The van der Waals surface area contributed by atoms with Crippen LogP contribution in [0.4, 0.5) is 0 Å². The molecule has 1 aromatic heterocycles. The molecule has 2 heterocycles. The fourth-order valence-electron chi connectivity index (χ4n) is 4.05. The molecule has 6 nitrogen and oxygen atoms in total. The summed E-state index contributed by atoms with van der Waals surface area (Å²) in [5.41, 5.74) is 3.40. The number of benzene rings is 2.